The lowest BCUT2D eigenvalue weighted by Gasteiger charge is -2.31. The molecule has 1 aliphatic heterocycles. The molecule has 1 aromatic carbocycles. The van der Waals surface area contributed by atoms with Gasteiger partial charge < -0.3 is 14.6 Å². The average Bonchev–Trinajstić information content (AvgIpc) is 3.15. The number of furan rings is 1. The maximum absolute atomic E-state index is 12.5. The van der Waals surface area contributed by atoms with E-state index in [9.17, 15) is 9.59 Å². The Hall–Kier alpha value is -1.98. The van der Waals surface area contributed by atoms with Crippen LogP contribution in [0.4, 0.5) is 0 Å². The minimum absolute atomic E-state index is 0.0734. The van der Waals surface area contributed by atoms with Crippen LogP contribution in [0.1, 0.15) is 28.8 Å². The van der Waals surface area contributed by atoms with Crippen LogP contribution in [-0.2, 0) is 11.3 Å². The van der Waals surface area contributed by atoms with Crippen LogP contribution >= 0.6 is 23.2 Å². The van der Waals surface area contributed by atoms with Crippen LogP contribution in [0.5, 0.6) is 0 Å². The number of amides is 2. The zero-order chi connectivity index (χ0) is 17.8. The van der Waals surface area contributed by atoms with E-state index in [-0.39, 0.29) is 17.7 Å². The average molecular weight is 381 g/mol. The summed E-state index contributed by atoms with van der Waals surface area (Å²) in [4.78, 5) is 26.6. The summed E-state index contributed by atoms with van der Waals surface area (Å²) in [5.41, 5.74) is 1.32. The van der Waals surface area contributed by atoms with E-state index >= 15 is 0 Å². The predicted octanol–water partition coefficient (Wildman–Crippen LogP) is 3.76. The SMILES string of the molecule is O=C(NCc1ccc(Cl)cc1Cl)[C@H]1CCCN(C(=O)c2ccoc2)C1. The van der Waals surface area contributed by atoms with Gasteiger partial charge in [0.1, 0.15) is 6.26 Å². The number of nitrogens with one attached hydrogen (secondary N) is 1. The number of nitrogens with zero attached hydrogens (tertiary/aromatic N) is 1. The summed E-state index contributed by atoms with van der Waals surface area (Å²) in [6.07, 6.45) is 4.45. The van der Waals surface area contributed by atoms with Gasteiger partial charge in [0.2, 0.25) is 5.91 Å². The lowest BCUT2D eigenvalue weighted by atomic mass is 9.96. The molecule has 1 N–H and O–H groups in total. The largest absolute Gasteiger partial charge is 0.472 e. The highest BCUT2D eigenvalue weighted by molar-refractivity contribution is 6.35. The molecular formula is C18H18Cl2N2O3. The maximum Gasteiger partial charge on any atom is 0.257 e. The second kappa shape index (κ2) is 7.93. The number of carbonyl (C=O) groups excluding carboxylic acids is 2. The van der Waals surface area contributed by atoms with Gasteiger partial charge in [-0.05, 0) is 36.6 Å². The van der Waals surface area contributed by atoms with E-state index in [2.05, 4.69) is 5.32 Å². The first-order valence-electron chi connectivity index (χ1n) is 8.07. The Morgan fingerprint density at radius 3 is 2.84 bits per heavy atom. The molecule has 0 aliphatic carbocycles. The summed E-state index contributed by atoms with van der Waals surface area (Å²) in [5, 5.41) is 3.98. The summed E-state index contributed by atoms with van der Waals surface area (Å²) in [5.74, 6) is -0.404. The minimum Gasteiger partial charge on any atom is -0.472 e. The van der Waals surface area contributed by atoms with Crippen LogP contribution in [0.2, 0.25) is 10.0 Å². The Morgan fingerprint density at radius 2 is 2.12 bits per heavy atom. The Labute approximate surface area is 155 Å². The quantitative estimate of drug-likeness (QED) is 0.878. The van der Waals surface area contributed by atoms with Crippen LogP contribution in [-0.4, -0.2) is 29.8 Å². The molecule has 0 saturated carbocycles. The molecule has 7 heteroatoms. The maximum atomic E-state index is 12.5. The molecule has 1 fully saturated rings. The predicted molar refractivity (Wildman–Crippen MR) is 95.6 cm³/mol. The summed E-state index contributed by atoms with van der Waals surface area (Å²) < 4.78 is 4.96. The number of halogens is 2. The number of hydrogen-bond acceptors (Lipinski definition) is 3. The van der Waals surface area contributed by atoms with Crippen molar-refractivity contribution in [2.75, 3.05) is 13.1 Å². The van der Waals surface area contributed by atoms with Gasteiger partial charge in [0.05, 0.1) is 17.7 Å². The Morgan fingerprint density at radius 1 is 1.28 bits per heavy atom. The number of rotatable bonds is 4. The molecule has 25 heavy (non-hydrogen) atoms. The van der Waals surface area contributed by atoms with Crippen LogP contribution < -0.4 is 5.32 Å². The van der Waals surface area contributed by atoms with Crippen molar-refractivity contribution < 1.29 is 14.0 Å². The van der Waals surface area contributed by atoms with Crippen molar-refractivity contribution in [1.82, 2.24) is 10.2 Å². The summed E-state index contributed by atoms with van der Waals surface area (Å²) in [6, 6.07) is 6.81. The Kier molecular flexibility index (Phi) is 5.66. The van der Waals surface area contributed by atoms with E-state index in [1.54, 1.807) is 29.2 Å². The first kappa shape index (κ1) is 17.8. The molecule has 1 aromatic heterocycles. The van der Waals surface area contributed by atoms with Crippen molar-refractivity contribution in [1.29, 1.82) is 0 Å². The summed E-state index contributed by atoms with van der Waals surface area (Å²) >= 11 is 12.0. The fourth-order valence-electron chi connectivity index (χ4n) is 2.94. The van der Waals surface area contributed by atoms with E-state index in [0.717, 1.165) is 18.4 Å². The molecule has 5 nitrogen and oxygen atoms in total. The van der Waals surface area contributed by atoms with Gasteiger partial charge in [-0.15, -0.1) is 0 Å². The highest BCUT2D eigenvalue weighted by atomic mass is 35.5. The normalized spacial score (nSPS) is 17.4. The van der Waals surface area contributed by atoms with E-state index in [4.69, 9.17) is 27.6 Å². The van der Waals surface area contributed by atoms with Gasteiger partial charge in [0.25, 0.3) is 5.91 Å². The number of benzene rings is 1. The number of hydrogen-bond donors (Lipinski definition) is 1. The summed E-state index contributed by atoms with van der Waals surface area (Å²) in [7, 11) is 0. The van der Waals surface area contributed by atoms with Crippen molar-refractivity contribution in [3.05, 3.63) is 58.0 Å². The monoisotopic (exact) mass is 380 g/mol. The zero-order valence-corrected chi connectivity index (χ0v) is 15.0. The molecule has 0 radical (unpaired) electrons. The van der Waals surface area contributed by atoms with E-state index in [1.165, 1.54) is 12.5 Å². The van der Waals surface area contributed by atoms with Crippen molar-refractivity contribution >= 4 is 35.0 Å². The minimum atomic E-state index is -0.226. The highest BCUT2D eigenvalue weighted by Crippen LogP contribution is 2.22. The van der Waals surface area contributed by atoms with E-state index < -0.39 is 0 Å². The van der Waals surface area contributed by atoms with Gasteiger partial charge in [0.15, 0.2) is 0 Å². The summed E-state index contributed by atoms with van der Waals surface area (Å²) in [6.45, 7) is 1.39. The third-order valence-corrected chi connectivity index (χ3v) is 4.90. The zero-order valence-electron chi connectivity index (χ0n) is 13.5. The van der Waals surface area contributed by atoms with Crippen molar-refractivity contribution in [2.24, 2.45) is 5.92 Å². The van der Waals surface area contributed by atoms with Gasteiger partial charge in [-0.2, -0.15) is 0 Å². The van der Waals surface area contributed by atoms with Crippen LogP contribution in [0.15, 0.2) is 41.2 Å². The molecule has 1 saturated heterocycles. The topological polar surface area (TPSA) is 62.6 Å². The van der Waals surface area contributed by atoms with Crippen molar-refractivity contribution in [3.8, 4) is 0 Å². The van der Waals surface area contributed by atoms with Gasteiger partial charge in [0, 0.05) is 29.7 Å². The van der Waals surface area contributed by atoms with Gasteiger partial charge in [-0.1, -0.05) is 29.3 Å². The molecule has 1 atom stereocenters. The lowest BCUT2D eigenvalue weighted by molar-refractivity contribution is -0.126. The Balaban J connectivity index is 1.57. The number of likely N-dealkylation sites (tertiary alicyclic amines) is 1. The molecule has 1 aliphatic rings. The second-order valence-electron chi connectivity index (χ2n) is 6.06. The molecule has 2 heterocycles. The van der Waals surface area contributed by atoms with E-state index in [0.29, 0.717) is 35.2 Å². The first-order valence-corrected chi connectivity index (χ1v) is 8.83. The van der Waals surface area contributed by atoms with Gasteiger partial charge in [-0.3, -0.25) is 9.59 Å². The number of piperidine rings is 1. The van der Waals surface area contributed by atoms with Crippen molar-refractivity contribution in [2.45, 2.75) is 19.4 Å². The third-order valence-electron chi connectivity index (χ3n) is 4.32. The molecule has 0 unspecified atom stereocenters. The van der Waals surface area contributed by atoms with Crippen LogP contribution in [0.25, 0.3) is 0 Å². The van der Waals surface area contributed by atoms with Crippen LogP contribution in [0, 0.1) is 5.92 Å². The molecule has 0 spiro atoms. The highest BCUT2D eigenvalue weighted by Gasteiger charge is 2.29. The first-order chi connectivity index (χ1) is 12.0. The molecule has 2 aromatic rings. The fourth-order valence-corrected chi connectivity index (χ4v) is 3.41. The molecular weight excluding hydrogens is 363 g/mol. The van der Waals surface area contributed by atoms with E-state index in [1.807, 2.05) is 0 Å². The molecule has 0 bridgehead atoms. The van der Waals surface area contributed by atoms with Crippen LogP contribution in [0.3, 0.4) is 0 Å². The Bertz CT molecular complexity index is 762. The molecule has 132 valence electrons. The smallest absolute Gasteiger partial charge is 0.257 e. The van der Waals surface area contributed by atoms with Gasteiger partial charge in [-0.25, -0.2) is 0 Å². The second-order valence-corrected chi connectivity index (χ2v) is 6.90. The number of carbonyl (C=O) groups is 2. The van der Waals surface area contributed by atoms with Gasteiger partial charge >= 0.3 is 0 Å². The molecule has 2 amide bonds. The standard InChI is InChI=1S/C18H18Cl2N2O3/c19-15-4-3-12(16(20)8-15)9-21-17(23)13-2-1-6-22(10-13)18(24)14-5-7-25-11-14/h3-5,7-8,11,13H,1-2,6,9-10H2,(H,21,23)/t13-/m0/s1. The van der Waals surface area contributed by atoms with Crippen molar-refractivity contribution in [3.63, 3.8) is 0 Å². The fraction of sp³-hybridized carbons (Fsp3) is 0.333. The molecule has 3 rings (SSSR count). The third kappa shape index (κ3) is 4.35. The lowest BCUT2D eigenvalue weighted by Crippen LogP contribution is -2.45.